The zero-order valence-electron chi connectivity index (χ0n) is 24.1. The summed E-state index contributed by atoms with van der Waals surface area (Å²) in [6, 6.07) is 20.8. The Morgan fingerprint density at radius 2 is 1.90 bits per heavy atom. The molecule has 0 spiro atoms. The summed E-state index contributed by atoms with van der Waals surface area (Å²) in [4.78, 5) is 28.7. The number of nitrogens with zero attached hydrogens (tertiary/aromatic N) is 4. The molecule has 42 heavy (non-hydrogen) atoms. The molecule has 3 aromatic rings. The second kappa shape index (κ2) is 14.9. The SMILES string of the molecule is CC/C=C(\C)CS(=O)Nc1ccc(C)n(CC2=NC(Cc3ccc(/C(N)=N/OCc4ccccc4)cc3)=NOC2)c1=O. The Labute approximate surface area is 248 Å². The number of nitrogens with one attached hydrogen (secondary N) is 1. The molecule has 0 bridgehead atoms. The van der Waals surface area contributed by atoms with E-state index in [4.69, 9.17) is 15.4 Å². The van der Waals surface area contributed by atoms with Crippen LogP contribution in [0.5, 0.6) is 0 Å². The zero-order valence-corrected chi connectivity index (χ0v) is 24.9. The fraction of sp³-hybridized carbons (Fsp3) is 0.290. The Kier molecular flexibility index (Phi) is 10.8. The van der Waals surface area contributed by atoms with Crippen LogP contribution < -0.4 is 16.0 Å². The summed E-state index contributed by atoms with van der Waals surface area (Å²) < 4.78 is 17.0. The standard InChI is InChI=1S/C31H36N6O4S/c1-4-8-22(2)21-42(39)36-28-16-11-23(3)37(31(28)38)18-27-20-41-34-29(33-27)17-24-12-14-26(15-13-24)30(32)35-40-19-25-9-6-5-7-10-25/h5-16,36H,4,17-21H2,1-3H3,(H2,32,35)/b22-8+. The summed E-state index contributed by atoms with van der Waals surface area (Å²) in [5.41, 5.74) is 11.2. The second-order valence-electron chi connectivity index (χ2n) is 9.90. The van der Waals surface area contributed by atoms with E-state index in [-0.39, 0.29) is 30.2 Å². The van der Waals surface area contributed by atoms with E-state index in [1.165, 1.54) is 0 Å². The van der Waals surface area contributed by atoms with Crippen LogP contribution in [-0.2, 0) is 40.2 Å². The molecule has 10 nitrogen and oxygen atoms in total. The van der Waals surface area contributed by atoms with Gasteiger partial charge in [0, 0.05) is 17.7 Å². The molecule has 220 valence electrons. The minimum Gasteiger partial charge on any atom is -0.389 e. The van der Waals surface area contributed by atoms with E-state index < -0.39 is 11.0 Å². The molecule has 11 heteroatoms. The van der Waals surface area contributed by atoms with Gasteiger partial charge in [-0.2, -0.15) is 0 Å². The molecule has 2 heterocycles. The number of benzene rings is 2. The third kappa shape index (κ3) is 8.74. The summed E-state index contributed by atoms with van der Waals surface area (Å²) >= 11 is 0. The molecular formula is C31H36N6O4S. The summed E-state index contributed by atoms with van der Waals surface area (Å²) in [6.07, 6.45) is 3.33. The molecule has 0 aliphatic carbocycles. The molecule has 0 amide bonds. The third-order valence-corrected chi connectivity index (χ3v) is 7.57. The molecule has 1 aromatic heterocycles. The maximum Gasteiger partial charge on any atom is 0.275 e. The minimum atomic E-state index is -1.41. The number of oxime groups is 2. The first-order valence-electron chi connectivity index (χ1n) is 13.7. The average Bonchev–Trinajstić information content (AvgIpc) is 2.98. The predicted molar refractivity (Wildman–Crippen MR) is 169 cm³/mol. The lowest BCUT2D eigenvalue weighted by atomic mass is 10.1. The highest BCUT2D eigenvalue weighted by Crippen LogP contribution is 2.11. The van der Waals surface area contributed by atoms with Crippen LogP contribution in [0.2, 0.25) is 0 Å². The number of pyridine rings is 1. The normalized spacial score (nSPS) is 14.5. The third-order valence-electron chi connectivity index (χ3n) is 6.41. The lowest BCUT2D eigenvalue weighted by Crippen LogP contribution is -2.31. The summed E-state index contributed by atoms with van der Waals surface area (Å²) in [5.74, 6) is 1.13. The van der Waals surface area contributed by atoms with Crippen LogP contribution in [0.1, 0.15) is 42.7 Å². The molecule has 1 aliphatic heterocycles. The van der Waals surface area contributed by atoms with Gasteiger partial charge in [-0.15, -0.1) is 0 Å². The van der Waals surface area contributed by atoms with E-state index >= 15 is 0 Å². The van der Waals surface area contributed by atoms with Gasteiger partial charge in [-0.1, -0.05) is 83.5 Å². The molecule has 1 unspecified atom stereocenters. The van der Waals surface area contributed by atoms with Crippen molar-refractivity contribution in [2.75, 3.05) is 17.1 Å². The van der Waals surface area contributed by atoms with Crippen molar-refractivity contribution in [3.05, 3.63) is 111 Å². The van der Waals surface area contributed by atoms with Crippen LogP contribution in [0.4, 0.5) is 5.69 Å². The van der Waals surface area contributed by atoms with E-state index in [1.54, 1.807) is 10.6 Å². The quantitative estimate of drug-likeness (QED) is 0.132. The van der Waals surface area contributed by atoms with Gasteiger partial charge in [0.1, 0.15) is 23.3 Å². The van der Waals surface area contributed by atoms with E-state index in [1.807, 2.05) is 87.5 Å². The monoisotopic (exact) mass is 588 g/mol. The van der Waals surface area contributed by atoms with Gasteiger partial charge in [0.25, 0.3) is 5.56 Å². The number of aromatic nitrogens is 1. The summed E-state index contributed by atoms with van der Waals surface area (Å²) in [6.45, 7) is 6.54. The van der Waals surface area contributed by atoms with Crippen molar-refractivity contribution < 1.29 is 13.9 Å². The van der Waals surface area contributed by atoms with Gasteiger partial charge >= 0.3 is 0 Å². The van der Waals surface area contributed by atoms with Gasteiger partial charge < -0.3 is 20.0 Å². The smallest absolute Gasteiger partial charge is 0.275 e. The second-order valence-corrected chi connectivity index (χ2v) is 11.1. The molecule has 2 aromatic carbocycles. The van der Waals surface area contributed by atoms with Gasteiger partial charge in [-0.3, -0.25) is 9.52 Å². The fourth-order valence-corrected chi connectivity index (χ4v) is 5.25. The maximum absolute atomic E-state index is 13.2. The van der Waals surface area contributed by atoms with Gasteiger partial charge in [0.15, 0.2) is 18.3 Å². The largest absolute Gasteiger partial charge is 0.389 e. The van der Waals surface area contributed by atoms with Crippen molar-refractivity contribution in [3.63, 3.8) is 0 Å². The zero-order chi connectivity index (χ0) is 29.9. The number of nitrogens with two attached hydrogens (primary N) is 1. The molecule has 0 radical (unpaired) electrons. The first-order valence-corrected chi connectivity index (χ1v) is 15.0. The first kappa shape index (κ1) is 30.4. The molecule has 0 saturated carbocycles. The van der Waals surface area contributed by atoms with Crippen molar-refractivity contribution in [3.8, 4) is 0 Å². The number of rotatable bonds is 13. The molecule has 1 aliphatic rings. The average molecular weight is 589 g/mol. The van der Waals surface area contributed by atoms with Gasteiger partial charge in [0.2, 0.25) is 0 Å². The van der Waals surface area contributed by atoms with E-state index in [0.29, 0.717) is 30.3 Å². The van der Waals surface area contributed by atoms with Crippen molar-refractivity contribution in [2.24, 2.45) is 21.0 Å². The van der Waals surface area contributed by atoms with Gasteiger partial charge in [0.05, 0.1) is 18.0 Å². The highest BCUT2D eigenvalue weighted by Gasteiger charge is 2.16. The molecule has 4 rings (SSSR count). The number of hydrogen-bond donors (Lipinski definition) is 2. The number of amidine groups is 2. The molecular weight excluding hydrogens is 552 g/mol. The Hall–Kier alpha value is -4.51. The molecule has 0 fully saturated rings. The van der Waals surface area contributed by atoms with E-state index in [0.717, 1.165) is 34.4 Å². The van der Waals surface area contributed by atoms with Crippen molar-refractivity contribution >= 4 is 34.1 Å². The van der Waals surface area contributed by atoms with Gasteiger partial charge in [-0.05, 0) is 43.5 Å². The lowest BCUT2D eigenvalue weighted by molar-refractivity contribution is 0.130. The molecule has 3 N–H and O–H groups in total. The number of allylic oxidation sites excluding steroid dienone is 1. The van der Waals surface area contributed by atoms with E-state index in [2.05, 4.69) is 20.0 Å². The molecule has 0 saturated heterocycles. The van der Waals surface area contributed by atoms with Crippen molar-refractivity contribution in [1.29, 1.82) is 0 Å². The maximum atomic E-state index is 13.2. The van der Waals surface area contributed by atoms with Crippen LogP contribution >= 0.6 is 0 Å². The van der Waals surface area contributed by atoms with E-state index in [9.17, 15) is 9.00 Å². The summed E-state index contributed by atoms with van der Waals surface area (Å²) in [5, 5.41) is 8.12. The van der Waals surface area contributed by atoms with Crippen LogP contribution in [0.3, 0.4) is 0 Å². The highest BCUT2D eigenvalue weighted by atomic mass is 32.2. The van der Waals surface area contributed by atoms with Gasteiger partial charge in [-0.25, -0.2) is 9.20 Å². The summed E-state index contributed by atoms with van der Waals surface area (Å²) in [7, 11) is -1.41. The van der Waals surface area contributed by atoms with Crippen LogP contribution in [0, 0.1) is 6.92 Å². The topological polar surface area (TPSA) is 133 Å². The first-order chi connectivity index (χ1) is 20.3. The Morgan fingerprint density at radius 3 is 2.64 bits per heavy atom. The van der Waals surface area contributed by atoms with Crippen LogP contribution in [-0.4, -0.2) is 38.5 Å². The predicted octanol–water partition coefficient (Wildman–Crippen LogP) is 4.45. The highest BCUT2D eigenvalue weighted by molar-refractivity contribution is 7.86. The number of hydrogen-bond acceptors (Lipinski definition) is 7. The number of aryl methyl sites for hydroxylation is 1. The molecule has 1 atom stereocenters. The Balaban J connectivity index is 1.38. The number of anilines is 1. The van der Waals surface area contributed by atoms with Crippen molar-refractivity contribution in [1.82, 2.24) is 4.57 Å². The Bertz CT molecular complexity index is 1580. The Morgan fingerprint density at radius 1 is 1.14 bits per heavy atom. The number of aliphatic imine (C=N–C) groups is 1. The van der Waals surface area contributed by atoms with Crippen LogP contribution in [0.15, 0.2) is 98.5 Å². The minimum absolute atomic E-state index is 0.175. The van der Waals surface area contributed by atoms with Crippen LogP contribution in [0.25, 0.3) is 0 Å². The van der Waals surface area contributed by atoms with Crippen molar-refractivity contribution in [2.45, 2.75) is 46.8 Å². The lowest BCUT2D eigenvalue weighted by Gasteiger charge is -2.16. The fourth-order valence-electron chi connectivity index (χ4n) is 4.25.